The Balaban J connectivity index is 1.45. The van der Waals surface area contributed by atoms with Crippen LogP contribution >= 0.6 is 34.7 Å². The summed E-state index contributed by atoms with van der Waals surface area (Å²) in [6.07, 6.45) is 3.19. The lowest BCUT2D eigenvalue weighted by Gasteiger charge is -2.15. The number of carbonyl (C=O) groups excluding carboxylic acids is 2. The Morgan fingerprint density at radius 2 is 2.03 bits per heavy atom. The summed E-state index contributed by atoms with van der Waals surface area (Å²) in [6, 6.07) is 14.2. The van der Waals surface area contributed by atoms with Gasteiger partial charge in [-0.2, -0.15) is 0 Å². The van der Waals surface area contributed by atoms with Crippen molar-refractivity contribution in [1.82, 2.24) is 10.3 Å². The topological polar surface area (TPSA) is 121 Å². The van der Waals surface area contributed by atoms with E-state index in [2.05, 4.69) is 27.5 Å². The number of hydrogen-bond donors (Lipinski definition) is 4. The van der Waals surface area contributed by atoms with E-state index in [9.17, 15) is 9.59 Å². The number of hydrogen-bond acceptors (Lipinski definition) is 6. The van der Waals surface area contributed by atoms with Gasteiger partial charge in [0.15, 0.2) is 5.13 Å². The number of allylic oxidation sites excluding steroid dienone is 2. The average Bonchev–Trinajstić information content (AvgIpc) is 3.31. The third kappa shape index (κ3) is 6.83. The van der Waals surface area contributed by atoms with Gasteiger partial charge in [-0.1, -0.05) is 78.5 Å². The van der Waals surface area contributed by atoms with Gasteiger partial charge in [-0.15, -0.1) is 0 Å². The van der Waals surface area contributed by atoms with E-state index in [1.807, 2.05) is 43.3 Å². The molecule has 0 fully saturated rings. The molecule has 2 aromatic carbocycles. The molecule has 0 atom stereocenters. The van der Waals surface area contributed by atoms with Crippen LogP contribution in [0.3, 0.4) is 0 Å². The fraction of sp³-hybridized carbons (Fsp3) is 0.185. The van der Waals surface area contributed by atoms with E-state index in [1.54, 1.807) is 18.2 Å². The highest BCUT2D eigenvalue weighted by molar-refractivity contribution is 8.13. The van der Waals surface area contributed by atoms with Gasteiger partial charge in [0.2, 0.25) is 0 Å². The molecular weight excluding hydrogens is 540 g/mol. The SMILES string of the molecule is C=CC1=C(N=C(N)c2ccccc2Cl)c2sc(NC(=O)NCc3cccc(NC(=O)SCC)c3)nc2CC1. The number of fused-ring (bicyclic) bond motifs is 1. The van der Waals surface area contributed by atoms with Crippen molar-refractivity contribution in [1.29, 1.82) is 0 Å². The standard InChI is InChI=1S/C27H27ClN6O2S2/c1-3-17-12-13-21-23(22(17)33-24(29)19-10-5-6-11-20(19)28)38-26(32-21)34-25(35)30-15-16-8-7-9-18(14-16)31-27(36)37-4-2/h3,5-11,14H,1,4,12-13,15H2,2H3,(H2,29,33)(H,31,36)(H2,30,32,34,35). The molecule has 11 heteroatoms. The van der Waals surface area contributed by atoms with E-state index in [4.69, 9.17) is 22.3 Å². The summed E-state index contributed by atoms with van der Waals surface area (Å²) < 4.78 is 0. The molecule has 0 bridgehead atoms. The molecule has 0 saturated heterocycles. The summed E-state index contributed by atoms with van der Waals surface area (Å²) >= 11 is 8.84. The zero-order valence-electron chi connectivity index (χ0n) is 20.7. The van der Waals surface area contributed by atoms with Crippen LogP contribution in [-0.2, 0) is 13.0 Å². The molecule has 0 radical (unpaired) electrons. The highest BCUT2D eigenvalue weighted by Gasteiger charge is 2.23. The minimum Gasteiger partial charge on any atom is -0.383 e. The number of anilines is 2. The van der Waals surface area contributed by atoms with Gasteiger partial charge in [0.25, 0.3) is 5.24 Å². The third-order valence-electron chi connectivity index (χ3n) is 5.60. The van der Waals surface area contributed by atoms with Gasteiger partial charge in [0.1, 0.15) is 5.84 Å². The second-order valence-electron chi connectivity index (χ2n) is 8.20. The Morgan fingerprint density at radius 1 is 1.21 bits per heavy atom. The first kappa shape index (κ1) is 27.4. The van der Waals surface area contributed by atoms with Gasteiger partial charge in [-0.05, 0) is 54.0 Å². The van der Waals surface area contributed by atoms with Crippen molar-refractivity contribution in [2.75, 3.05) is 16.4 Å². The summed E-state index contributed by atoms with van der Waals surface area (Å²) in [4.78, 5) is 34.6. The number of urea groups is 1. The lowest BCUT2D eigenvalue weighted by molar-refractivity contribution is 0.251. The molecule has 1 aliphatic rings. The van der Waals surface area contributed by atoms with E-state index >= 15 is 0 Å². The second-order valence-corrected chi connectivity index (χ2v) is 10.8. The van der Waals surface area contributed by atoms with Crippen LogP contribution in [0, 0.1) is 0 Å². The van der Waals surface area contributed by atoms with Crippen molar-refractivity contribution >= 4 is 68.3 Å². The van der Waals surface area contributed by atoms with Crippen molar-refractivity contribution in [3.63, 3.8) is 0 Å². The van der Waals surface area contributed by atoms with Crippen LogP contribution < -0.4 is 21.7 Å². The maximum Gasteiger partial charge on any atom is 0.321 e. The van der Waals surface area contributed by atoms with Crippen LogP contribution in [0.1, 0.15) is 35.0 Å². The number of halogens is 1. The zero-order chi connectivity index (χ0) is 27.1. The van der Waals surface area contributed by atoms with Crippen molar-refractivity contribution in [2.24, 2.45) is 10.7 Å². The van der Waals surface area contributed by atoms with Gasteiger partial charge in [-0.3, -0.25) is 10.1 Å². The smallest absolute Gasteiger partial charge is 0.321 e. The Hall–Kier alpha value is -3.60. The molecule has 196 valence electrons. The molecule has 4 rings (SSSR count). The number of benzene rings is 2. The van der Waals surface area contributed by atoms with Gasteiger partial charge in [-0.25, -0.2) is 14.8 Å². The number of thioether (sulfide) groups is 1. The van der Waals surface area contributed by atoms with Crippen molar-refractivity contribution < 1.29 is 9.59 Å². The van der Waals surface area contributed by atoms with E-state index in [-0.39, 0.29) is 17.8 Å². The van der Waals surface area contributed by atoms with Crippen molar-refractivity contribution in [3.8, 4) is 0 Å². The lowest BCUT2D eigenvalue weighted by atomic mass is 9.98. The highest BCUT2D eigenvalue weighted by atomic mass is 35.5. The summed E-state index contributed by atoms with van der Waals surface area (Å²) in [5.41, 5.74) is 11.0. The molecule has 1 heterocycles. The van der Waals surface area contributed by atoms with Gasteiger partial charge in [0, 0.05) is 17.8 Å². The zero-order valence-corrected chi connectivity index (χ0v) is 23.1. The highest BCUT2D eigenvalue weighted by Crippen LogP contribution is 2.38. The molecule has 0 unspecified atom stereocenters. The van der Waals surface area contributed by atoms with Crippen LogP contribution in [0.15, 0.2) is 71.8 Å². The van der Waals surface area contributed by atoms with E-state index in [0.29, 0.717) is 51.5 Å². The van der Waals surface area contributed by atoms with E-state index in [1.165, 1.54) is 23.1 Å². The summed E-state index contributed by atoms with van der Waals surface area (Å²) in [6.45, 7) is 6.13. The molecule has 8 nitrogen and oxygen atoms in total. The number of aromatic nitrogens is 1. The maximum absolute atomic E-state index is 12.6. The number of nitrogens with one attached hydrogen (secondary N) is 3. The van der Waals surface area contributed by atoms with Gasteiger partial charge >= 0.3 is 6.03 Å². The minimum absolute atomic E-state index is 0.117. The predicted molar refractivity (Wildman–Crippen MR) is 159 cm³/mol. The lowest BCUT2D eigenvalue weighted by Crippen LogP contribution is -2.28. The van der Waals surface area contributed by atoms with Crippen LogP contribution in [-0.4, -0.2) is 27.8 Å². The fourth-order valence-corrected chi connectivity index (χ4v) is 5.53. The number of nitrogens with two attached hydrogens (primary N) is 1. The van der Waals surface area contributed by atoms with Crippen LogP contribution in [0.25, 0.3) is 5.70 Å². The molecule has 5 N–H and O–H groups in total. The van der Waals surface area contributed by atoms with E-state index in [0.717, 1.165) is 21.7 Å². The first-order valence-corrected chi connectivity index (χ1v) is 14.1. The van der Waals surface area contributed by atoms with Crippen LogP contribution in [0.5, 0.6) is 0 Å². The molecular formula is C27H27ClN6O2S2. The molecule has 0 aliphatic heterocycles. The number of amides is 3. The van der Waals surface area contributed by atoms with E-state index < -0.39 is 0 Å². The van der Waals surface area contributed by atoms with Crippen LogP contribution in [0.4, 0.5) is 20.4 Å². The number of rotatable bonds is 8. The number of nitrogens with zero attached hydrogens (tertiary/aromatic N) is 2. The summed E-state index contributed by atoms with van der Waals surface area (Å²) in [7, 11) is 0. The third-order valence-corrected chi connectivity index (χ3v) is 7.60. The average molecular weight is 567 g/mol. The van der Waals surface area contributed by atoms with Crippen LogP contribution in [0.2, 0.25) is 5.02 Å². The summed E-state index contributed by atoms with van der Waals surface area (Å²) in [5.74, 6) is 0.992. The monoisotopic (exact) mass is 566 g/mol. The second kappa shape index (κ2) is 12.8. The normalized spacial score (nSPS) is 13.1. The minimum atomic E-state index is -0.388. The Morgan fingerprint density at radius 3 is 2.79 bits per heavy atom. The number of aliphatic imine (C=N–C) groups is 1. The maximum atomic E-state index is 12.6. The first-order chi connectivity index (χ1) is 18.4. The molecule has 3 amide bonds. The molecule has 0 spiro atoms. The Kier molecular flexibility index (Phi) is 9.22. The number of carbonyl (C=O) groups is 2. The van der Waals surface area contributed by atoms with Gasteiger partial charge < -0.3 is 16.4 Å². The number of thiazole rings is 1. The Bertz CT molecular complexity index is 1430. The van der Waals surface area contributed by atoms with Crippen molar-refractivity contribution in [2.45, 2.75) is 26.3 Å². The largest absolute Gasteiger partial charge is 0.383 e. The quantitative estimate of drug-likeness (QED) is 0.179. The predicted octanol–water partition coefficient (Wildman–Crippen LogP) is 6.65. The number of amidine groups is 1. The molecule has 38 heavy (non-hydrogen) atoms. The Labute approximate surface area is 234 Å². The fourth-order valence-electron chi connectivity index (χ4n) is 3.82. The first-order valence-electron chi connectivity index (χ1n) is 11.9. The number of aryl methyl sites for hydroxylation is 1. The molecule has 3 aromatic rings. The molecule has 1 aliphatic carbocycles. The molecule has 1 aromatic heterocycles. The summed E-state index contributed by atoms with van der Waals surface area (Å²) in [5, 5.41) is 9.33. The van der Waals surface area contributed by atoms with Crippen molar-refractivity contribution in [3.05, 3.63) is 93.5 Å². The molecule has 0 saturated carbocycles. The van der Waals surface area contributed by atoms with Gasteiger partial charge in [0.05, 0.1) is 21.3 Å².